The van der Waals surface area contributed by atoms with Crippen molar-refractivity contribution in [2.75, 3.05) is 22.3 Å². The third-order valence-corrected chi connectivity index (χ3v) is 3.27. The van der Waals surface area contributed by atoms with E-state index < -0.39 is 0 Å². The predicted octanol–water partition coefficient (Wildman–Crippen LogP) is 2.65. The summed E-state index contributed by atoms with van der Waals surface area (Å²) >= 11 is 1.71. The lowest BCUT2D eigenvalue weighted by Gasteiger charge is -2.15. The van der Waals surface area contributed by atoms with Crippen molar-refractivity contribution in [1.82, 2.24) is 9.97 Å². The SMILES string of the molecule is CCc1nc2c(c(C(C)C)n1)NSCCN2. The highest BCUT2D eigenvalue weighted by atomic mass is 32.2. The standard InChI is InChI=1S/C11H18N4S/c1-4-8-13-9(7(2)3)10-11(14-8)12-5-6-16-15-10/h7,15H,4-6H2,1-3H3,(H,12,13,14). The van der Waals surface area contributed by atoms with Crippen molar-refractivity contribution in [2.45, 2.75) is 33.1 Å². The minimum atomic E-state index is 0.412. The van der Waals surface area contributed by atoms with E-state index in [-0.39, 0.29) is 0 Å². The second-order valence-electron chi connectivity index (χ2n) is 4.13. The van der Waals surface area contributed by atoms with Crippen LogP contribution in [0.2, 0.25) is 0 Å². The number of hydrogen-bond acceptors (Lipinski definition) is 5. The van der Waals surface area contributed by atoms with Gasteiger partial charge in [0.15, 0.2) is 5.82 Å². The molecule has 0 radical (unpaired) electrons. The van der Waals surface area contributed by atoms with Crippen LogP contribution >= 0.6 is 11.9 Å². The number of hydrogen-bond donors (Lipinski definition) is 2. The summed E-state index contributed by atoms with van der Waals surface area (Å²) in [5.74, 6) is 3.33. The van der Waals surface area contributed by atoms with Gasteiger partial charge in [-0.3, -0.25) is 0 Å². The maximum atomic E-state index is 4.62. The zero-order valence-corrected chi connectivity index (χ0v) is 10.8. The molecule has 0 saturated heterocycles. The topological polar surface area (TPSA) is 49.8 Å². The zero-order valence-electron chi connectivity index (χ0n) is 10.0. The molecule has 1 aromatic heterocycles. The number of aromatic nitrogens is 2. The third kappa shape index (κ3) is 2.24. The molecule has 88 valence electrons. The van der Waals surface area contributed by atoms with E-state index in [9.17, 15) is 0 Å². The molecular weight excluding hydrogens is 220 g/mol. The molecule has 4 nitrogen and oxygen atoms in total. The van der Waals surface area contributed by atoms with Crippen LogP contribution in [-0.2, 0) is 6.42 Å². The van der Waals surface area contributed by atoms with Gasteiger partial charge in [-0.1, -0.05) is 32.7 Å². The summed E-state index contributed by atoms with van der Waals surface area (Å²) in [6.45, 7) is 7.37. The van der Waals surface area contributed by atoms with Crippen LogP contribution in [-0.4, -0.2) is 22.3 Å². The smallest absolute Gasteiger partial charge is 0.154 e. The van der Waals surface area contributed by atoms with Crippen LogP contribution in [0.25, 0.3) is 0 Å². The van der Waals surface area contributed by atoms with Crippen molar-refractivity contribution in [3.05, 3.63) is 11.5 Å². The molecule has 0 unspecified atom stereocenters. The van der Waals surface area contributed by atoms with Crippen LogP contribution in [0.15, 0.2) is 0 Å². The number of anilines is 2. The summed E-state index contributed by atoms with van der Waals surface area (Å²) in [5.41, 5.74) is 2.18. The van der Waals surface area contributed by atoms with Gasteiger partial charge in [0.25, 0.3) is 0 Å². The van der Waals surface area contributed by atoms with E-state index in [1.807, 2.05) is 0 Å². The number of aryl methyl sites for hydroxylation is 1. The number of nitrogens with one attached hydrogen (secondary N) is 2. The van der Waals surface area contributed by atoms with Gasteiger partial charge >= 0.3 is 0 Å². The molecule has 0 aromatic carbocycles. The fourth-order valence-electron chi connectivity index (χ4n) is 1.67. The summed E-state index contributed by atoms with van der Waals surface area (Å²) < 4.78 is 3.36. The summed E-state index contributed by atoms with van der Waals surface area (Å²) in [5, 5.41) is 3.36. The first-order valence-corrected chi connectivity index (χ1v) is 6.73. The lowest BCUT2D eigenvalue weighted by molar-refractivity contribution is 0.792. The first-order valence-electron chi connectivity index (χ1n) is 5.74. The lowest BCUT2D eigenvalue weighted by atomic mass is 10.1. The first kappa shape index (κ1) is 11.5. The van der Waals surface area contributed by atoms with E-state index in [4.69, 9.17) is 0 Å². The quantitative estimate of drug-likeness (QED) is 0.776. The molecule has 0 amide bonds. The molecule has 2 heterocycles. The molecule has 1 aromatic rings. The van der Waals surface area contributed by atoms with Crippen LogP contribution in [0.5, 0.6) is 0 Å². The Balaban J connectivity index is 2.49. The van der Waals surface area contributed by atoms with E-state index in [0.29, 0.717) is 5.92 Å². The Hall–Kier alpha value is -0.970. The van der Waals surface area contributed by atoms with Crippen molar-refractivity contribution >= 4 is 23.5 Å². The highest BCUT2D eigenvalue weighted by Gasteiger charge is 2.18. The van der Waals surface area contributed by atoms with Gasteiger partial charge in [-0.2, -0.15) is 0 Å². The van der Waals surface area contributed by atoms with Gasteiger partial charge < -0.3 is 10.0 Å². The van der Waals surface area contributed by atoms with E-state index in [1.54, 1.807) is 11.9 Å². The van der Waals surface area contributed by atoms with Gasteiger partial charge in [0.05, 0.1) is 5.69 Å². The van der Waals surface area contributed by atoms with Gasteiger partial charge in [0, 0.05) is 18.7 Å². The first-order chi connectivity index (χ1) is 7.72. The van der Waals surface area contributed by atoms with Crippen LogP contribution < -0.4 is 10.0 Å². The summed E-state index contributed by atoms with van der Waals surface area (Å²) in [7, 11) is 0. The van der Waals surface area contributed by atoms with Crippen molar-refractivity contribution in [1.29, 1.82) is 0 Å². The zero-order chi connectivity index (χ0) is 11.5. The Kier molecular flexibility index (Phi) is 3.53. The van der Waals surface area contributed by atoms with E-state index in [2.05, 4.69) is 40.8 Å². The molecular formula is C11H18N4S. The average molecular weight is 238 g/mol. The van der Waals surface area contributed by atoms with E-state index in [1.165, 1.54) is 0 Å². The Bertz CT molecular complexity index is 378. The second kappa shape index (κ2) is 4.91. The molecule has 1 aliphatic heterocycles. The Morgan fingerprint density at radius 3 is 2.88 bits per heavy atom. The maximum Gasteiger partial charge on any atom is 0.154 e. The van der Waals surface area contributed by atoms with Gasteiger partial charge in [-0.25, -0.2) is 9.97 Å². The summed E-state index contributed by atoms with van der Waals surface area (Å²) in [6, 6.07) is 0. The van der Waals surface area contributed by atoms with Crippen LogP contribution in [0.4, 0.5) is 11.5 Å². The van der Waals surface area contributed by atoms with E-state index >= 15 is 0 Å². The molecule has 16 heavy (non-hydrogen) atoms. The Morgan fingerprint density at radius 2 is 2.19 bits per heavy atom. The Morgan fingerprint density at radius 1 is 1.38 bits per heavy atom. The van der Waals surface area contributed by atoms with Gasteiger partial charge in [0.1, 0.15) is 11.5 Å². The third-order valence-electron chi connectivity index (χ3n) is 2.52. The number of rotatable bonds is 2. The van der Waals surface area contributed by atoms with Gasteiger partial charge in [0.2, 0.25) is 0 Å². The minimum Gasteiger partial charge on any atom is -0.367 e. The molecule has 0 spiro atoms. The number of fused-ring (bicyclic) bond motifs is 1. The highest BCUT2D eigenvalue weighted by molar-refractivity contribution is 8.00. The molecule has 0 bridgehead atoms. The molecule has 2 rings (SSSR count). The molecule has 0 saturated carbocycles. The monoisotopic (exact) mass is 238 g/mol. The summed E-state index contributed by atoms with van der Waals surface area (Å²) in [6.07, 6.45) is 0.877. The fraction of sp³-hybridized carbons (Fsp3) is 0.636. The molecule has 0 atom stereocenters. The summed E-state index contributed by atoms with van der Waals surface area (Å²) in [4.78, 5) is 9.16. The highest BCUT2D eigenvalue weighted by Crippen LogP contribution is 2.32. The van der Waals surface area contributed by atoms with E-state index in [0.717, 1.165) is 41.7 Å². The molecule has 2 N–H and O–H groups in total. The largest absolute Gasteiger partial charge is 0.367 e. The molecule has 5 heteroatoms. The molecule has 0 aliphatic carbocycles. The average Bonchev–Trinajstić information content (AvgIpc) is 2.52. The van der Waals surface area contributed by atoms with Crippen molar-refractivity contribution < 1.29 is 0 Å². The maximum absolute atomic E-state index is 4.62. The van der Waals surface area contributed by atoms with Crippen molar-refractivity contribution in [3.8, 4) is 0 Å². The Labute approximate surface area is 101 Å². The van der Waals surface area contributed by atoms with Crippen molar-refractivity contribution in [3.63, 3.8) is 0 Å². The normalized spacial score (nSPS) is 15.0. The molecule has 0 fully saturated rings. The minimum absolute atomic E-state index is 0.412. The van der Waals surface area contributed by atoms with Crippen molar-refractivity contribution in [2.24, 2.45) is 0 Å². The second-order valence-corrected chi connectivity index (χ2v) is 5.04. The molecule has 1 aliphatic rings. The van der Waals surface area contributed by atoms with Crippen LogP contribution in [0.1, 0.15) is 38.2 Å². The van der Waals surface area contributed by atoms with Gasteiger partial charge in [-0.05, 0) is 5.92 Å². The predicted molar refractivity (Wildman–Crippen MR) is 70.1 cm³/mol. The fourth-order valence-corrected chi connectivity index (χ4v) is 2.33. The van der Waals surface area contributed by atoms with Crippen LogP contribution in [0, 0.1) is 0 Å². The lowest BCUT2D eigenvalue weighted by Crippen LogP contribution is -2.09. The van der Waals surface area contributed by atoms with Crippen LogP contribution in [0.3, 0.4) is 0 Å². The number of nitrogens with zero attached hydrogens (tertiary/aromatic N) is 2. The van der Waals surface area contributed by atoms with Gasteiger partial charge in [-0.15, -0.1) is 0 Å².